The maximum absolute atomic E-state index is 10.4. The Kier molecular flexibility index (Phi) is 3.98. The molecule has 0 aromatic carbocycles. The summed E-state index contributed by atoms with van der Waals surface area (Å²) in [6.07, 6.45) is 1.27. The minimum atomic E-state index is -0.431. The van der Waals surface area contributed by atoms with E-state index in [1.165, 1.54) is 6.20 Å². The third kappa shape index (κ3) is 3.80. The van der Waals surface area contributed by atoms with Crippen LogP contribution in [0.5, 0.6) is 0 Å². The molecule has 1 aromatic heterocycles. The van der Waals surface area contributed by atoms with Gasteiger partial charge in [0.1, 0.15) is 6.20 Å². The lowest BCUT2D eigenvalue weighted by atomic mass is 10.3. The number of aromatic nitrogens is 1. The van der Waals surface area contributed by atoms with Gasteiger partial charge < -0.3 is 10.2 Å². The molecule has 0 spiro atoms. The van der Waals surface area contributed by atoms with Crippen molar-refractivity contribution in [2.45, 2.75) is 13.0 Å². The predicted octanol–water partition coefficient (Wildman–Crippen LogP) is 1.41. The third-order valence-corrected chi connectivity index (χ3v) is 2.56. The summed E-state index contributed by atoms with van der Waals surface area (Å²) >= 11 is 1.06. The van der Waals surface area contributed by atoms with Crippen molar-refractivity contribution in [1.29, 1.82) is 0 Å². The van der Waals surface area contributed by atoms with Crippen LogP contribution in [-0.4, -0.2) is 41.5 Å². The maximum atomic E-state index is 10.4. The summed E-state index contributed by atoms with van der Waals surface area (Å²) in [5, 5.41) is 14.2. The molecule has 15 heavy (non-hydrogen) atoms. The van der Waals surface area contributed by atoms with Crippen LogP contribution in [0.3, 0.4) is 0 Å². The van der Waals surface area contributed by atoms with E-state index in [-0.39, 0.29) is 11.0 Å². The molecule has 1 unspecified atom stereocenters. The first kappa shape index (κ1) is 11.9. The van der Waals surface area contributed by atoms with Crippen molar-refractivity contribution in [3.8, 4) is 0 Å². The molecule has 0 aliphatic rings. The highest BCUT2D eigenvalue weighted by molar-refractivity contribution is 7.18. The van der Waals surface area contributed by atoms with Gasteiger partial charge in [-0.15, -0.1) is 0 Å². The molecule has 0 radical (unpaired) electrons. The van der Waals surface area contributed by atoms with Crippen LogP contribution in [0, 0.1) is 10.1 Å². The van der Waals surface area contributed by atoms with Crippen LogP contribution in [0.1, 0.15) is 6.92 Å². The van der Waals surface area contributed by atoms with Crippen molar-refractivity contribution in [2.24, 2.45) is 0 Å². The van der Waals surface area contributed by atoms with Crippen molar-refractivity contribution >= 4 is 21.5 Å². The lowest BCUT2D eigenvalue weighted by Crippen LogP contribution is -2.29. The van der Waals surface area contributed by atoms with Crippen molar-refractivity contribution < 1.29 is 4.92 Å². The summed E-state index contributed by atoms with van der Waals surface area (Å²) in [4.78, 5) is 16.0. The number of rotatable bonds is 5. The first-order valence-corrected chi connectivity index (χ1v) is 5.32. The zero-order valence-corrected chi connectivity index (χ0v) is 9.74. The normalized spacial score (nSPS) is 12.8. The molecule has 0 aliphatic heterocycles. The summed E-state index contributed by atoms with van der Waals surface area (Å²) in [6.45, 7) is 2.86. The van der Waals surface area contributed by atoms with Gasteiger partial charge >= 0.3 is 5.00 Å². The fourth-order valence-electron chi connectivity index (χ4n) is 1.22. The van der Waals surface area contributed by atoms with E-state index < -0.39 is 4.92 Å². The zero-order chi connectivity index (χ0) is 11.4. The summed E-state index contributed by atoms with van der Waals surface area (Å²) < 4.78 is 0. The Bertz CT molecular complexity index is 339. The van der Waals surface area contributed by atoms with Crippen LogP contribution in [0.25, 0.3) is 0 Å². The summed E-state index contributed by atoms with van der Waals surface area (Å²) in [7, 11) is 3.95. The number of anilines is 1. The highest BCUT2D eigenvalue weighted by Gasteiger charge is 2.12. The molecular weight excluding hydrogens is 216 g/mol. The van der Waals surface area contributed by atoms with E-state index in [1.54, 1.807) is 0 Å². The Morgan fingerprint density at radius 3 is 2.87 bits per heavy atom. The van der Waals surface area contributed by atoms with Gasteiger partial charge in [0.25, 0.3) is 0 Å². The van der Waals surface area contributed by atoms with Gasteiger partial charge in [0.2, 0.25) is 0 Å². The molecular formula is C8H14N4O2S. The van der Waals surface area contributed by atoms with Crippen molar-refractivity contribution in [3.63, 3.8) is 0 Å². The molecule has 0 amide bonds. The molecule has 84 valence electrons. The number of hydrogen-bond acceptors (Lipinski definition) is 6. The Morgan fingerprint density at radius 1 is 1.73 bits per heavy atom. The zero-order valence-electron chi connectivity index (χ0n) is 8.93. The van der Waals surface area contributed by atoms with E-state index in [2.05, 4.69) is 10.3 Å². The molecule has 0 bridgehead atoms. The van der Waals surface area contributed by atoms with E-state index in [0.29, 0.717) is 5.13 Å². The quantitative estimate of drug-likeness (QED) is 0.611. The van der Waals surface area contributed by atoms with E-state index in [1.807, 2.05) is 25.9 Å². The number of nitrogens with one attached hydrogen (secondary N) is 1. The molecule has 1 atom stereocenters. The molecule has 1 N–H and O–H groups in total. The molecule has 6 nitrogen and oxygen atoms in total. The molecule has 0 fully saturated rings. The number of thiazole rings is 1. The molecule has 1 aromatic rings. The van der Waals surface area contributed by atoms with Crippen molar-refractivity contribution in [3.05, 3.63) is 16.3 Å². The fourth-order valence-corrected chi connectivity index (χ4v) is 1.96. The standard InChI is InChI=1S/C8H14N4O2S/c1-6(5-11(2)3)10-8-9-4-7(15-8)12(13)14/h4,6H,5H2,1-3H3,(H,9,10). The highest BCUT2D eigenvalue weighted by Crippen LogP contribution is 2.25. The lowest BCUT2D eigenvalue weighted by molar-refractivity contribution is -0.380. The van der Waals surface area contributed by atoms with E-state index in [4.69, 9.17) is 0 Å². The maximum Gasteiger partial charge on any atom is 0.345 e. The van der Waals surface area contributed by atoms with Crippen LogP contribution in [0.4, 0.5) is 10.1 Å². The third-order valence-electron chi connectivity index (χ3n) is 1.68. The topological polar surface area (TPSA) is 71.3 Å². The lowest BCUT2D eigenvalue weighted by Gasteiger charge is -2.17. The van der Waals surface area contributed by atoms with Gasteiger partial charge in [0, 0.05) is 12.6 Å². The number of nitro groups is 1. The molecule has 0 aliphatic carbocycles. The molecule has 0 saturated carbocycles. The minimum absolute atomic E-state index is 0.0644. The Hall–Kier alpha value is -1.21. The van der Waals surface area contributed by atoms with E-state index in [9.17, 15) is 10.1 Å². The average Bonchev–Trinajstić information content (AvgIpc) is 2.50. The van der Waals surface area contributed by atoms with Gasteiger partial charge in [0.05, 0.1) is 4.92 Å². The predicted molar refractivity (Wildman–Crippen MR) is 60.4 cm³/mol. The Balaban J connectivity index is 2.53. The second kappa shape index (κ2) is 5.04. The summed E-state index contributed by atoms with van der Waals surface area (Å²) in [5.74, 6) is 0. The first-order valence-electron chi connectivity index (χ1n) is 4.50. The fraction of sp³-hybridized carbons (Fsp3) is 0.625. The average molecular weight is 230 g/mol. The second-order valence-corrected chi connectivity index (χ2v) is 4.58. The smallest absolute Gasteiger partial charge is 0.345 e. The minimum Gasteiger partial charge on any atom is -0.358 e. The largest absolute Gasteiger partial charge is 0.358 e. The highest BCUT2D eigenvalue weighted by atomic mass is 32.1. The van der Waals surface area contributed by atoms with Crippen LogP contribution in [0.15, 0.2) is 6.20 Å². The summed E-state index contributed by atoms with van der Waals surface area (Å²) in [6, 6.07) is 0.214. The van der Waals surface area contributed by atoms with Gasteiger partial charge in [-0.1, -0.05) is 0 Å². The van der Waals surface area contributed by atoms with Gasteiger partial charge in [-0.2, -0.15) is 0 Å². The van der Waals surface area contributed by atoms with E-state index >= 15 is 0 Å². The summed E-state index contributed by atoms with van der Waals surface area (Å²) in [5.41, 5.74) is 0. The van der Waals surface area contributed by atoms with Crippen molar-refractivity contribution in [2.75, 3.05) is 26.0 Å². The Labute approximate surface area is 92.1 Å². The first-order chi connectivity index (χ1) is 6.99. The van der Waals surface area contributed by atoms with E-state index in [0.717, 1.165) is 17.9 Å². The molecule has 1 rings (SSSR count). The van der Waals surface area contributed by atoms with Gasteiger partial charge in [-0.05, 0) is 32.4 Å². The number of hydrogen-bond donors (Lipinski definition) is 1. The second-order valence-electron chi connectivity index (χ2n) is 3.57. The van der Waals surface area contributed by atoms with Gasteiger partial charge in [-0.25, -0.2) is 4.98 Å². The van der Waals surface area contributed by atoms with Crippen LogP contribution >= 0.6 is 11.3 Å². The van der Waals surface area contributed by atoms with Crippen LogP contribution in [-0.2, 0) is 0 Å². The number of nitrogens with zero attached hydrogens (tertiary/aromatic N) is 3. The Morgan fingerprint density at radius 2 is 2.40 bits per heavy atom. The monoisotopic (exact) mass is 230 g/mol. The van der Waals surface area contributed by atoms with Gasteiger partial charge in [0.15, 0.2) is 5.13 Å². The SMILES string of the molecule is CC(CN(C)C)Nc1ncc([N+](=O)[O-])s1. The van der Waals surface area contributed by atoms with Crippen molar-refractivity contribution in [1.82, 2.24) is 9.88 Å². The van der Waals surface area contributed by atoms with Crippen LogP contribution in [0.2, 0.25) is 0 Å². The molecule has 1 heterocycles. The van der Waals surface area contributed by atoms with Crippen LogP contribution < -0.4 is 5.32 Å². The molecule has 0 saturated heterocycles. The molecule has 7 heteroatoms. The van der Waals surface area contributed by atoms with Gasteiger partial charge in [-0.3, -0.25) is 10.1 Å². The number of likely N-dealkylation sites (N-methyl/N-ethyl adjacent to an activating group) is 1.